The van der Waals surface area contributed by atoms with Crippen molar-refractivity contribution in [1.82, 2.24) is 9.78 Å². The van der Waals surface area contributed by atoms with E-state index in [4.69, 9.17) is 0 Å². The van der Waals surface area contributed by atoms with E-state index < -0.39 is 11.6 Å². The molecular formula is C25H26N4O3. The van der Waals surface area contributed by atoms with Gasteiger partial charge < -0.3 is 10.2 Å². The smallest absolute Gasteiger partial charge is 0.291 e. The van der Waals surface area contributed by atoms with Crippen LogP contribution in [0.5, 0.6) is 0 Å². The van der Waals surface area contributed by atoms with E-state index in [0.717, 1.165) is 29.7 Å². The van der Waals surface area contributed by atoms with Gasteiger partial charge in [-0.1, -0.05) is 49.4 Å². The first-order chi connectivity index (χ1) is 15.4. The predicted octanol–water partition coefficient (Wildman–Crippen LogP) is 3.58. The van der Waals surface area contributed by atoms with Gasteiger partial charge in [-0.05, 0) is 43.0 Å². The Labute approximate surface area is 186 Å². The topological polar surface area (TPSA) is 84.3 Å². The molecular weight excluding hydrogens is 404 g/mol. The Morgan fingerprint density at radius 1 is 1.12 bits per heavy atom. The van der Waals surface area contributed by atoms with Crippen LogP contribution in [0.2, 0.25) is 0 Å². The molecule has 1 aromatic heterocycles. The van der Waals surface area contributed by atoms with Crippen molar-refractivity contribution >= 4 is 23.2 Å². The molecule has 164 valence electrons. The fourth-order valence-corrected chi connectivity index (χ4v) is 4.00. The first-order valence-corrected chi connectivity index (χ1v) is 10.8. The lowest BCUT2D eigenvalue weighted by Crippen LogP contribution is -2.40. The molecule has 1 unspecified atom stereocenters. The molecule has 2 aromatic carbocycles. The standard InChI is InChI=1S/C25H26N4O3/c1-4-18-9-11-19(12-10-18)21-15-22(26-17(3)30)25(32)29(27-21)16(2)24(31)28-14-13-20-7-5-6-8-23(20)28/h5-12,15-16H,4,13-14H2,1-3H3,(H,26,30). The van der Waals surface area contributed by atoms with Crippen LogP contribution in [-0.2, 0) is 22.4 Å². The Hall–Kier alpha value is -3.74. The van der Waals surface area contributed by atoms with Crippen LogP contribution >= 0.6 is 0 Å². The van der Waals surface area contributed by atoms with Crippen LogP contribution in [0.1, 0.15) is 37.9 Å². The summed E-state index contributed by atoms with van der Waals surface area (Å²) in [6.45, 7) is 5.65. The second kappa shape index (κ2) is 8.78. The first kappa shape index (κ1) is 21.5. The number of rotatable bonds is 5. The molecule has 4 rings (SSSR count). The summed E-state index contributed by atoms with van der Waals surface area (Å²) < 4.78 is 1.18. The van der Waals surface area contributed by atoms with Crippen molar-refractivity contribution in [2.45, 2.75) is 39.7 Å². The monoisotopic (exact) mass is 430 g/mol. The average Bonchev–Trinajstić information content (AvgIpc) is 3.23. The number of aromatic nitrogens is 2. The van der Waals surface area contributed by atoms with E-state index in [1.807, 2.05) is 48.5 Å². The number of anilines is 2. The maximum absolute atomic E-state index is 13.4. The second-order valence-electron chi connectivity index (χ2n) is 7.97. The van der Waals surface area contributed by atoms with Crippen LogP contribution in [0.3, 0.4) is 0 Å². The van der Waals surface area contributed by atoms with Gasteiger partial charge in [0.05, 0.1) is 5.69 Å². The molecule has 0 saturated carbocycles. The third-order valence-corrected chi connectivity index (χ3v) is 5.78. The van der Waals surface area contributed by atoms with E-state index in [2.05, 4.69) is 17.3 Å². The van der Waals surface area contributed by atoms with Crippen molar-refractivity contribution in [2.75, 3.05) is 16.8 Å². The molecule has 0 saturated heterocycles. The molecule has 1 aliphatic heterocycles. The molecule has 2 amide bonds. The van der Waals surface area contributed by atoms with E-state index in [1.54, 1.807) is 17.9 Å². The van der Waals surface area contributed by atoms with E-state index in [-0.39, 0.29) is 17.5 Å². The number of nitrogens with zero attached hydrogens (tertiary/aromatic N) is 3. The molecule has 3 aromatic rings. The summed E-state index contributed by atoms with van der Waals surface area (Å²) >= 11 is 0. The zero-order chi connectivity index (χ0) is 22.8. The Bertz CT molecular complexity index is 1230. The number of hydrogen-bond donors (Lipinski definition) is 1. The van der Waals surface area contributed by atoms with E-state index in [1.165, 1.54) is 17.2 Å². The molecule has 0 radical (unpaired) electrons. The van der Waals surface area contributed by atoms with Crippen molar-refractivity contribution in [2.24, 2.45) is 0 Å². The summed E-state index contributed by atoms with van der Waals surface area (Å²) in [6, 6.07) is 16.4. The lowest BCUT2D eigenvalue weighted by molar-refractivity contribution is -0.121. The lowest BCUT2D eigenvalue weighted by Gasteiger charge is -2.23. The van der Waals surface area contributed by atoms with Crippen LogP contribution in [0, 0.1) is 0 Å². The fraction of sp³-hybridized carbons (Fsp3) is 0.280. The number of nitrogens with one attached hydrogen (secondary N) is 1. The molecule has 1 aliphatic rings. The highest BCUT2D eigenvalue weighted by Crippen LogP contribution is 2.29. The fourth-order valence-electron chi connectivity index (χ4n) is 4.00. The Morgan fingerprint density at radius 2 is 1.84 bits per heavy atom. The number of fused-ring (bicyclic) bond motifs is 1. The molecule has 32 heavy (non-hydrogen) atoms. The van der Waals surface area contributed by atoms with Gasteiger partial charge in [0.2, 0.25) is 5.91 Å². The van der Waals surface area contributed by atoms with Crippen LogP contribution in [0.4, 0.5) is 11.4 Å². The number of carbonyl (C=O) groups is 2. The maximum atomic E-state index is 13.4. The maximum Gasteiger partial charge on any atom is 0.291 e. The highest BCUT2D eigenvalue weighted by atomic mass is 16.2. The lowest BCUT2D eigenvalue weighted by atomic mass is 10.1. The highest BCUT2D eigenvalue weighted by molar-refractivity contribution is 5.98. The summed E-state index contributed by atoms with van der Waals surface area (Å²) in [5.74, 6) is -0.573. The van der Waals surface area contributed by atoms with Crippen LogP contribution < -0.4 is 15.8 Å². The molecule has 0 fully saturated rings. The first-order valence-electron chi connectivity index (χ1n) is 10.8. The van der Waals surface area contributed by atoms with Crippen molar-refractivity contribution < 1.29 is 9.59 Å². The normalized spacial score (nSPS) is 13.5. The molecule has 0 spiro atoms. The molecule has 2 heterocycles. The van der Waals surface area contributed by atoms with Crippen LogP contribution in [0.25, 0.3) is 11.3 Å². The summed E-state index contributed by atoms with van der Waals surface area (Å²) in [5, 5.41) is 7.11. The van der Waals surface area contributed by atoms with Gasteiger partial charge in [0.1, 0.15) is 11.7 Å². The number of benzene rings is 2. The Kier molecular flexibility index (Phi) is 5.90. The van der Waals surface area contributed by atoms with Gasteiger partial charge in [0, 0.05) is 24.7 Å². The number of aryl methyl sites for hydroxylation is 1. The zero-order valence-electron chi connectivity index (χ0n) is 18.5. The highest BCUT2D eigenvalue weighted by Gasteiger charge is 2.30. The summed E-state index contributed by atoms with van der Waals surface area (Å²) in [6.07, 6.45) is 1.69. The summed E-state index contributed by atoms with van der Waals surface area (Å²) in [4.78, 5) is 39.9. The van der Waals surface area contributed by atoms with Gasteiger partial charge in [-0.2, -0.15) is 5.10 Å². The number of para-hydroxylation sites is 1. The van der Waals surface area contributed by atoms with Crippen molar-refractivity contribution in [3.05, 3.63) is 76.1 Å². The minimum atomic E-state index is -0.837. The minimum Gasteiger partial charge on any atom is -0.322 e. The van der Waals surface area contributed by atoms with Gasteiger partial charge in [0.25, 0.3) is 11.5 Å². The van der Waals surface area contributed by atoms with Crippen LogP contribution in [-0.4, -0.2) is 28.1 Å². The largest absolute Gasteiger partial charge is 0.322 e. The molecule has 7 heteroatoms. The third kappa shape index (κ3) is 4.06. The van der Waals surface area contributed by atoms with Crippen molar-refractivity contribution in [1.29, 1.82) is 0 Å². The van der Waals surface area contributed by atoms with E-state index in [0.29, 0.717) is 12.2 Å². The average molecular weight is 431 g/mol. The summed E-state index contributed by atoms with van der Waals surface area (Å²) in [7, 11) is 0. The molecule has 0 bridgehead atoms. The number of hydrogen-bond acceptors (Lipinski definition) is 4. The van der Waals surface area contributed by atoms with Gasteiger partial charge in [-0.15, -0.1) is 0 Å². The minimum absolute atomic E-state index is 0.101. The Balaban J connectivity index is 1.75. The SMILES string of the molecule is CCc1ccc(-c2cc(NC(C)=O)c(=O)n(C(C)C(=O)N3CCc4ccccc43)n2)cc1. The van der Waals surface area contributed by atoms with Crippen molar-refractivity contribution in [3.63, 3.8) is 0 Å². The third-order valence-electron chi connectivity index (χ3n) is 5.78. The zero-order valence-corrected chi connectivity index (χ0v) is 18.5. The van der Waals surface area contributed by atoms with E-state index >= 15 is 0 Å². The molecule has 7 nitrogen and oxygen atoms in total. The molecule has 1 atom stereocenters. The van der Waals surface area contributed by atoms with Gasteiger partial charge in [-0.25, -0.2) is 4.68 Å². The van der Waals surface area contributed by atoms with Crippen LogP contribution in [0.15, 0.2) is 59.4 Å². The van der Waals surface area contributed by atoms with Gasteiger partial charge in [-0.3, -0.25) is 14.4 Å². The Morgan fingerprint density at radius 3 is 2.53 bits per heavy atom. The number of amides is 2. The van der Waals surface area contributed by atoms with Gasteiger partial charge in [0.15, 0.2) is 0 Å². The van der Waals surface area contributed by atoms with Crippen molar-refractivity contribution in [3.8, 4) is 11.3 Å². The molecule has 0 aliphatic carbocycles. The predicted molar refractivity (Wildman–Crippen MR) is 125 cm³/mol. The summed E-state index contributed by atoms with van der Waals surface area (Å²) in [5.41, 5.74) is 4.06. The second-order valence-corrected chi connectivity index (χ2v) is 7.97. The number of carbonyl (C=O) groups excluding carboxylic acids is 2. The van der Waals surface area contributed by atoms with Gasteiger partial charge >= 0.3 is 0 Å². The molecule has 1 N–H and O–H groups in total. The quantitative estimate of drug-likeness (QED) is 0.671. The van der Waals surface area contributed by atoms with E-state index in [9.17, 15) is 14.4 Å².